The van der Waals surface area contributed by atoms with Crippen LogP contribution in [0.2, 0.25) is 0 Å². The van der Waals surface area contributed by atoms with Crippen LogP contribution in [-0.2, 0) is 22.7 Å². The fraction of sp³-hybridized carbons (Fsp3) is 0.100. The quantitative estimate of drug-likeness (QED) is 0.438. The molecular weight excluding hydrogens is 452 g/mol. The first-order valence-electron chi connectivity index (χ1n) is 9.07. The third kappa shape index (κ3) is 4.21. The predicted molar refractivity (Wildman–Crippen MR) is 108 cm³/mol. The summed E-state index contributed by atoms with van der Waals surface area (Å²) in [7, 11) is -4.48. The second-order valence-corrected chi connectivity index (χ2v) is 8.51. The fourth-order valence-electron chi connectivity index (χ4n) is 3.14. The monoisotopic (exact) mass is 466 g/mol. The Balaban J connectivity index is 1.66. The SMILES string of the molecule is O=c1[nH]n(Cc2ccccn2)c2ccc(NS(=O)(=O)c3ccc(F)c(C(F)(F)F)c3)cc12. The van der Waals surface area contributed by atoms with Crippen molar-refractivity contribution in [3.63, 3.8) is 0 Å². The van der Waals surface area contributed by atoms with Gasteiger partial charge in [0.2, 0.25) is 0 Å². The number of nitrogens with one attached hydrogen (secondary N) is 2. The second kappa shape index (κ2) is 7.79. The molecule has 32 heavy (non-hydrogen) atoms. The number of rotatable bonds is 5. The van der Waals surface area contributed by atoms with E-state index in [-0.39, 0.29) is 23.7 Å². The molecule has 0 aliphatic heterocycles. The number of aromatic nitrogens is 3. The van der Waals surface area contributed by atoms with Crippen LogP contribution in [-0.4, -0.2) is 23.2 Å². The average molecular weight is 466 g/mol. The van der Waals surface area contributed by atoms with Crippen LogP contribution in [0.15, 0.2) is 70.5 Å². The van der Waals surface area contributed by atoms with Gasteiger partial charge >= 0.3 is 6.18 Å². The minimum absolute atomic E-state index is 0.0449. The van der Waals surface area contributed by atoms with Gasteiger partial charge in [-0.2, -0.15) is 13.2 Å². The molecule has 0 fully saturated rings. The lowest BCUT2D eigenvalue weighted by Crippen LogP contribution is -2.16. The van der Waals surface area contributed by atoms with Gasteiger partial charge in [0.25, 0.3) is 15.6 Å². The maximum Gasteiger partial charge on any atom is 0.419 e. The van der Waals surface area contributed by atoms with Crippen LogP contribution < -0.4 is 10.3 Å². The smallest absolute Gasteiger partial charge is 0.280 e. The summed E-state index contributed by atoms with van der Waals surface area (Å²) in [4.78, 5) is 15.7. The number of benzene rings is 2. The topological polar surface area (TPSA) is 96.8 Å². The standard InChI is InChI=1S/C20H14F4N4O3S/c21-17-6-5-14(10-16(17)20(22,23)24)32(30,31)27-12-4-7-18-15(9-12)19(29)26-28(18)11-13-3-1-2-8-25-13/h1-10,27H,11H2,(H,26,29). The molecule has 0 aliphatic rings. The van der Waals surface area contributed by atoms with Gasteiger partial charge in [0.1, 0.15) is 5.82 Å². The van der Waals surface area contributed by atoms with E-state index in [1.165, 1.54) is 22.9 Å². The summed E-state index contributed by atoms with van der Waals surface area (Å²) in [5.41, 5.74) is -1.07. The van der Waals surface area contributed by atoms with Crippen molar-refractivity contribution in [2.45, 2.75) is 17.6 Å². The molecule has 7 nitrogen and oxygen atoms in total. The van der Waals surface area contributed by atoms with Gasteiger partial charge in [-0.05, 0) is 48.5 Å². The number of H-pyrrole nitrogens is 1. The first-order chi connectivity index (χ1) is 15.0. The number of fused-ring (bicyclic) bond motifs is 1. The van der Waals surface area contributed by atoms with E-state index in [1.807, 2.05) is 0 Å². The van der Waals surface area contributed by atoms with Crippen molar-refractivity contribution in [2.75, 3.05) is 4.72 Å². The van der Waals surface area contributed by atoms with Gasteiger partial charge < -0.3 is 0 Å². The largest absolute Gasteiger partial charge is 0.419 e. The van der Waals surface area contributed by atoms with E-state index >= 15 is 0 Å². The second-order valence-electron chi connectivity index (χ2n) is 6.82. The lowest BCUT2D eigenvalue weighted by molar-refractivity contribution is -0.140. The Morgan fingerprint density at radius 3 is 2.53 bits per heavy atom. The van der Waals surface area contributed by atoms with E-state index in [2.05, 4.69) is 14.8 Å². The Morgan fingerprint density at radius 2 is 1.84 bits per heavy atom. The van der Waals surface area contributed by atoms with Crippen molar-refractivity contribution in [1.29, 1.82) is 0 Å². The van der Waals surface area contributed by atoms with Crippen molar-refractivity contribution < 1.29 is 26.0 Å². The number of hydrogen-bond donors (Lipinski definition) is 2. The lowest BCUT2D eigenvalue weighted by atomic mass is 10.2. The van der Waals surface area contributed by atoms with Crippen LogP contribution in [0.1, 0.15) is 11.3 Å². The fourth-order valence-corrected chi connectivity index (χ4v) is 4.22. The molecule has 4 aromatic rings. The third-order valence-corrected chi connectivity index (χ3v) is 6.00. The van der Waals surface area contributed by atoms with Crippen molar-refractivity contribution in [3.8, 4) is 0 Å². The molecule has 0 amide bonds. The molecule has 166 valence electrons. The van der Waals surface area contributed by atoms with E-state index in [0.717, 1.165) is 6.07 Å². The van der Waals surface area contributed by atoms with Gasteiger partial charge in [-0.25, -0.2) is 12.8 Å². The summed E-state index contributed by atoms with van der Waals surface area (Å²) in [6.07, 6.45) is -3.45. The molecule has 0 saturated carbocycles. The number of anilines is 1. The first kappa shape index (κ1) is 21.6. The molecule has 12 heteroatoms. The Morgan fingerprint density at radius 1 is 1.06 bits per heavy atom. The molecule has 0 bridgehead atoms. The molecule has 0 spiro atoms. The maximum atomic E-state index is 13.5. The summed E-state index contributed by atoms with van der Waals surface area (Å²) in [6.45, 7) is 0.264. The van der Waals surface area contributed by atoms with E-state index in [0.29, 0.717) is 17.3 Å². The molecule has 2 N–H and O–H groups in total. The average Bonchev–Trinajstić information content (AvgIpc) is 3.02. The van der Waals surface area contributed by atoms with Gasteiger partial charge in [0.15, 0.2) is 0 Å². The molecule has 2 heterocycles. The zero-order valence-corrected chi connectivity index (χ0v) is 16.8. The number of nitrogens with zero attached hydrogens (tertiary/aromatic N) is 2. The van der Waals surface area contributed by atoms with E-state index in [9.17, 15) is 30.8 Å². The highest BCUT2D eigenvalue weighted by atomic mass is 32.2. The molecule has 0 radical (unpaired) electrons. The van der Waals surface area contributed by atoms with Gasteiger partial charge in [-0.1, -0.05) is 6.07 Å². The lowest BCUT2D eigenvalue weighted by Gasteiger charge is -2.12. The summed E-state index contributed by atoms with van der Waals surface area (Å²) >= 11 is 0. The minimum Gasteiger partial charge on any atom is -0.280 e. The van der Waals surface area contributed by atoms with Crippen LogP contribution in [0.3, 0.4) is 0 Å². The van der Waals surface area contributed by atoms with Crippen LogP contribution in [0.5, 0.6) is 0 Å². The number of sulfonamides is 1. The third-order valence-electron chi connectivity index (χ3n) is 4.62. The molecule has 0 atom stereocenters. The van der Waals surface area contributed by atoms with E-state index in [4.69, 9.17) is 0 Å². The Kier molecular flexibility index (Phi) is 5.25. The van der Waals surface area contributed by atoms with Crippen molar-refractivity contribution in [2.24, 2.45) is 0 Å². The minimum atomic E-state index is -5.06. The van der Waals surface area contributed by atoms with Crippen LogP contribution in [0.25, 0.3) is 10.9 Å². The number of pyridine rings is 1. The highest BCUT2D eigenvalue weighted by Gasteiger charge is 2.35. The molecule has 2 aromatic carbocycles. The van der Waals surface area contributed by atoms with Gasteiger partial charge in [-0.3, -0.25) is 24.3 Å². The van der Waals surface area contributed by atoms with Gasteiger partial charge in [-0.15, -0.1) is 0 Å². The van der Waals surface area contributed by atoms with E-state index in [1.54, 1.807) is 24.4 Å². The number of aromatic amines is 1. The first-order valence-corrected chi connectivity index (χ1v) is 10.5. The molecular formula is C20H14F4N4O3S. The summed E-state index contributed by atoms with van der Waals surface area (Å²) < 4.78 is 81.0. The zero-order chi connectivity index (χ0) is 23.1. The molecule has 4 rings (SSSR count). The highest BCUT2D eigenvalue weighted by molar-refractivity contribution is 7.92. The summed E-state index contributed by atoms with van der Waals surface area (Å²) in [6, 6.07) is 10.8. The molecule has 2 aromatic heterocycles. The molecule has 0 saturated heterocycles. The maximum absolute atomic E-state index is 13.5. The van der Waals surface area contributed by atoms with Gasteiger partial charge in [0.05, 0.1) is 33.6 Å². The van der Waals surface area contributed by atoms with Crippen molar-refractivity contribution in [3.05, 3.63) is 88.2 Å². The van der Waals surface area contributed by atoms with Crippen molar-refractivity contribution in [1.82, 2.24) is 14.8 Å². The van der Waals surface area contributed by atoms with Crippen LogP contribution >= 0.6 is 0 Å². The summed E-state index contributed by atoms with van der Waals surface area (Å²) in [5.74, 6) is -1.58. The van der Waals surface area contributed by atoms with Crippen LogP contribution in [0.4, 0.5) is 23.2 Å². The molecule has 0 aliphatic carbocycles. The summed E-state index contributed by atoms with van der Waals surface area (Å²) in [5, 5.41) is 2.79. The van der Waals surface area contributed by atoms with E-state index < -0.39 is 38.0 Å². The zero-order valence-electron chi connectivity index (χ0n) is 16.0. The number of hydrogen-bond acceptors (Lipinski definition) is 4. The Bertz CT molecular complexity index is 1460. The van der Waals surface area contributed by atoms with Crippen LogP contribution in [0, 0.1) is 5.82 Å². The Hall–Kier alpha value is -3.67. The highest BCUT2D eigenvalue weighted by Crippen LogP contribution is 2.33. The number of alkyl halides is 3. The normalized spacial score (nSPS) is 12.2. The van der Waals surface area contributed by atoms with Gasteiger partial charge in [0, 0.05) is 11.9 Å². The molecule has 0 unspecified atom stereocenters. The predicted octanol–water partition coefficient (Wildman–Crippen LogP) is 3.73. The Labute approximate surface area is 178 Å². The number of halogens is 4. The van der Waals surface area contributed by atoms with Crippen molar-refractivity contribution >= 4 is 26.6 Å².